The van der Waals surface area contributed by atoms with Crippen LogP contribution in [0.3, 0.4) is 0 Å². The zero-order chi connectivity index (χ0) is 28.8. The van der Waals surface area contributed by atoms with Crippen LogP contribution in [0.1, 0.15) is 51.4 Å². The van der Waals surface area contributed by atoms with Crippen molar-refractivity contribution >= 4 is 39.3 Å². The maximum atomic E-state index is 13.1. The molecule has 0 aromatic carbocycles. The number of methoxy groups -OCH3 is 1. The second kappa shape index (κ2) is 13.2. The van der Waals surface area contributed by atoms with Gasteiger partial charge in [-0.3, -0.25) is 19.4 Å². The molecule has 2 aliphatic rings. The Bertz CT molecular complexity index is 1410. The van der Waals surface area contributed by atoms with Crippen LogP contribution in [0.15, 0.2) is 48.0 Å². The topological polar surface area (TPSA) is 138 Å². The number of thiophene rings is 1. The van der Waals surface area contributed by atoms with Gasteiger partial charge in [0.15, 0.2) is 5.82 Å². The molecule has 216 valence electrons. The molecular formula is C30H35N5O5S. The predicted molar refractivity (Wildman–Crippen MR) is 155 cm³/mol. The summed E-state index contributed by atoms with van der Waals surface area (Å²) in [7, 11) is 1.43. The van der Waals surface area contributed by atoms with Gasteiger partial charge >= 0.3 is 5.97 Å². The number of likely N-dealkylation sites (tertiary alicyclic amines) is 1. The summed E-state index contributed by atoms with van der Waals surface area (Å²) in [5.41, 5.74) is 7.07. The smallest absolute Gasteiger partial charge is 0.309 e. The lowest BCUT2D eigenvalue weighted by atomic mass is 10.1. The molecule has 2 fully saturated rings. The Morgan fingerprint density at radius 1 is 1.12 bits per heavy atom. The van der Waals surface area contributed by atoms with Crippen molar-refractivity contribution in [3.63, 3.8) is 0 Å². The van der Waals surface area contributed by atoms with Crippen LogP contribution in [0.4, 0.5) is 0 Å². The van der Waals surface area contributed by atoms with E-state index in [9.17, 15) is 14.4 Å². The van der Waals surface area contributed by atoms with Crippen molar-refractivity contribution in [3.05, 3.63) is 48.0 Å². The molecule has 10 nitrogen and oxygen atoms in total. The fourth-order valence-electron chi connectivity index (χ4n) is 5.27. The number of amides is 2. The Kier molecular flexibility index (Phi) is 9.23. The number of hydrogen-bond acceptors (Lipinski definition) is 9. The number of esters is 1. The normalized spacial score (nSPS) is 21.8. The minimum atomic E-state index is -0.704. The van der Waals surface area contributed by atoms with E-state index in [-0.39, 0.29) is 24.3 Å². The Labute approximate surface area is 243 Å². The van der Waals surface area contributed by atoms with Crippen LogP contribution in [-0.2, 0) is 19.1 Å². The van der Waals surface area contributed by atoms with Crippen molar-refractivity contribution in [2.75, 3.05) is 13.7 Å². The van der Waals surface area contributed by atoms with Gasteiger partial charge in [-0.2, -0.15) is 4.98 Å². The van der Waals surface area contributed by atoms with Gasteiger partial charge in [0.05, 0.1) is 25.1 Å². The fourth-order valence-corrected chi connectivity index (χ4v) is 6.03. The van der Waals surface area contributed by atoms with E-state index in [1.165, 1.54) is 18.4 Å². The molecule has 1 saturated heterocycles. The predicted octanol–water partition coefficient (Wildman–Crippen LogP) is 4.29. The van der Waals surface area contributed by atoms with E-state index in [2.05, 4.69) is 27.1 Å². The highest BCUT2D eigenvalue weighted by molar-refractivity contribution is 7.17. The van der Waals surface area contributed by atoms with Crippen LogP contribution < -0.4 is 10.5 Å². The second-order valence-corrected chi connectivity index (χ2v) is 11.5. The summed E-state index contributed by atoms with van der Waals surface area (Å²) in [6.45, 7) is 0.279. The molecule has 1 aliphatic heterocycles. The van der Waals surface area contributed by atoms with E-state index in [1.807, 2.05) is 29.6 Å². The molecule has 0 radical (unpaired) electrons. The summed E-state index contributed by atoms with van der Waals surface area (Å²) in [4.78, 5) is 52.0. The SMILES string of the molecule is COC(=O)[C@H]1C[C@H]1/C=C\CCCCCCC(=O)N1CC(Oc2nc(-c3ccccn3)nc3ccsc23)C[C@H]1C(N)=O. The van der Waals surface area contributed by atoms with Crippen LogP contribution in [0.25, 0.3) is 21.7 Å². The van der Waals surface area contributed by atoms with Gasteiger partial charge in [0.1, 0.15) is 22.5 Å². The van der Waals surface area contributed by atoms with Crippen LogP contribution in [0, 0.1) is 11.8 Å². The number of carbonyl (C=O) groups excluding carboxylic acids is 3. The second-order valence-electron chi connectivity index (χ2n) is 10.6. The van der Waals surface area contributed by atoms with Gasteiger partial charge in [-0.05, 0) is 55.2 Å². The number of fused-ring (bicyclic) bond motifs is 1. The molecule has 1 saturated carbocycles. The molecule has 3 aromatic rings. The zero-order valence-electron chi connectivity index (χ0n) is 23.1. The number of unbranched alkanes of at least 4 members (excludes halogenated alkanes) is 4. The minimum absolute atomic E-state index is 0.0313. The van der Waals surface area contributed by atoms with Gasteiger partial charge in [-0.15, -0.1) is 11.3 Å². The van der Waals surface area contributed by atoms with E-state index in [1.54, 1.807) is 11.1 Å². The van der Waals surface area contributed by atoms with Crippen molar-refractivity contribution in [2.24, 2.45) is 17.6 Å². The number of hydrogen-bond donors (Lipinski definition) is 1. The highest BCUT2D eigenvalue weighted by Gasteiger charge is 2.42. The van der Waals surface area contributed by atoms with Crippen LogP contribution in [0.2, 0.25) is 0 Å². The van der Waals surface area contributed by atoms with Crippen molar-refractivity contribution < 1.29 is 23.9 Å². The number of primary amides is 1. The molecular weight excluding hydrogens is 542 g/mol. The maximum absolute atomic E-state index is 13.1. The molecule has 1 unspecified atom stereocenters. The average molecular weight is 578 g/mol. The van der Waals surface area contributed by atoms with Crippen LogP contribution >= 0.6 is 11.3 Å². The zero-order valence-corrected chi connectivity index (χ0v) is 23.9. The van der Waals surface area contributed by atoms with Gasteiger partial charge in [0.25, 0.3) is 0 Å². The van der Waals surface area contributed by atoms with Gasteiger partial charge in [-0.25, -0.2) is 4.98 Å². The van der Waals surface area contributed by atoms with Gasteiger partial charge < -0.3 is 20.1 Å². The fraction of sp³-hybridized carbons (Fsp3) is 0.467. The third-order valence-electron chi connectivity index (χ3n) is 7.59. The third-order valence-corrected chi connectivity index (χ3v) is 8.49. The van der Waals surface area contributed by atoms with Crippen molar-refractivity contribution in [3.8, 4) is 17.4 Å². The molecule has 2 amide bonds. The van der Waals surface area contributed by atoms with E-state index < -0.39 is 18.1 Å². The van der Waals surface area contributed by atoms with E-state index in [0.717, 1.165) is 48.7 Å². The highest BCUT2D eigenvalue weighted by atomic mass is 32.1. The number of rotatable bonds is 13. The first-order chi connectivity index (χ1) is 19.9. The maximum Gasteiger partial charge on any atom is 0.309 e. The number of nitrogens with zero attached hydrogens (tertiary/aromatic N) is 4. The van der Waals surface area contributed by atoms with Crippen molar-refractivity contribution in [1.82, 2.24) is 19.9 Å². The van der Waals surface area contributed by atoms with E-state index in [4.69, 9.17) is 15.2 Å². The van der Waals surface area contributed by atoms with Crippen molar-refractivity contribution in [1.29, 1.82) is 0 Å². The quantitative estimate of drug-likeness (QED) is 0.180. The Morgan fingerprint density at radius 2 is 1.98 bits per heavy atom. The monoisotopic (exact) mass is 577 g/mol. The van der Waals surface area contributed by atoms with E-state index >= 15 is 0 Å². The number of ether oxygens (including phenoxy) is 2. The molecule has 4 heterocycles. The molecule has 1 aliphatic carbocycles. The Hall–Kier alpha value is -3.86. The lowest BCUT2D eigenvalue weighted by Crippen LogP contribution is -2.43. The molecule has 2 N–H and O–H groups in total. The summed E-state index contributed by atoms with van der Waals surface area (Å²) in [5.74, 6) is 0.494. The van der Waals surface area contributed by atoms with Gasteiger partial charge in [0.2, 0.25) is 17.7 Å². The van der Waals surface area contributed by atoms with Crippen molar-refractivity contribution in [2.45, 2.75) is 63.5 Å². The highest BCUT2D eigenvalue weighted by Crippen LogP contribution is 2.40. The van der Waals surface area contributed by atoms with Gasteiger partial charge in [0, 0.05) is 19.0 Å². The summed E-state index contributed by atoms with van der Waals surface area (Å²) in [6, 6.07) is 6.74. The van der Waals surface area contributed by atoms with Gasteiger partial charge in [-0.1, -0.05) is 31.1 Å². The molecule has 41 heavy (non-hydrogen) atoms. The average Bonchev–Trinajstić information content (AvgIpc) is 3.37. The molecule has 5 rings (SSSR count). The Balaban J connectivity index is 1.11. The largest absolute Gasteiger partial charge is 0.471 e. The van der Waals surface area contributed by atoms with Crippen LogP contribution in [0.5, 0.6) is 5.88 Å². The number of allylic oxidation sites excluding steroid dienone is 2. The molecule has 4 atom stereocenters. The molecule has 0 spiro atoms. The summed E-state index contributed by atoms with van der Waals surface area (Å²) < 4.78 is 11.9. The third kappa shape index (κ3) is 7.08. The summed E-state index contributed by atoms with van der Waals surface area (Å²) in [6.07, 6.45) is 11.8. The number of aromatic nitrogens is 3. The lowest BCUT2D eigenvalue weighted by Gasteiger charge is -2.21. The van der Waals surface area contributed by atoms with Crippen LogP contribution in [-0.4, -0.2) is 63.4 Å². The minimum Gasteiger partial charge on any atom is -0.471 e. The number of carbonyl (C=O) groups is 3. The lowest BCUT2D eigenvalue weighted by molar-refractivity contribution is -0.142. The van der Waals surface area contributed by atoms with E-state index in [0.29, 0.717) is 36.2 Å². The number of pyridine rings is 1. The molecule has 11 heteroatoms. The first kappa shape index (κ1) is 28.7. The first-order valence-electron chi connectivity index (χ1n) is 14.1. The number of nitrogens with two attached hydrogens (primary N) is 1. The summed E-state index contributed by atoms with van der Waals surface area (Å²) in [5, 5.41) is 1.93. The molecule has 0 bridgehead atoms. The Morgan fingerprint density at radius 3 is 2.76 bits per heavy atom. The summed E-state index contributed by atoms with van der Waals surface area (Å²) >= 11 is 1.48. The molecule has 3 aromatic heterocycles. The first-order valence-corrected chi connectivity index (χ1v) is 15.0. The standard InChI is InChI=1S/C30H35N5O5S/c1-39-30(38)21-16-19(21)10-6-4-2-3-5-7-12-25(36)35-18-20(17-24(35)27(31)37)40-29-26-22(13-15-41-26)33-28(34-29)23-11-8-9-14-32-23/h6,8-11,13-15,19-21,24H,2-5,7,12,16-18H2,1H3,(H2,31,37)/b10-6-/t19-,20?,21+,24+/m1/s1.